The number of guanidine groups is 1. The van der Waals surface area contributed by atoms with Crippen molar-refractivity contribution in [1.82, 2.24) is 36.5 Å². The van der Waals surface area contributed by atoms with Crippen LogP contribution >= 0.6 is 21.6 Å². The summed E-state index contributed by atoms with van der Waals surface area (Å²) in [5.74, 6) is -4.82. The van der Waals surface area contributed by atoms with Gasteiger partial charge in [0.05, 0.1) is 6.42 Å². The number of hydrogen-bond donors (Lipinski definition) is 10. The van der Waals surface area contributed by atoms with Gasteiger partial charge in [-0.1, -0.05) is 39.8 Å². The molecule has 1 aromatic carbocycles. The number of nitrogens with zero attached hydrogens (tertiary/aromatic N) is 2. The first kappa shape index (κ1) is 48.6. The SMILES string of the molecule is CCNC(=O)C(CCCCN=C(N)N)NC(=O)CCSSCC(NC(=O)C(C)N(CCc1c[nH]c2ccccc12)C(=O)C(C)NC(=O)C(CC(=O)O)NC=O)C(N)=O. The van der Waals surface area contributed by atoms with Gasteiger partial charge in [-0.2, -0.15) is 0 Å². The van der Waals surface area contributed by atoms with Gasteiger partial charge < -0.3 is 58.8 Å². The van der Waals surface area contributed by atoms with Gasteiger partial charge in [0.1, 0.15) is 30.2 Å². The molecule has 0 aliphatic carbocycles. The lowest BCUT2D eigenvalue weighted by Gasteiger charge is -2.32. The van der Waals surface area contributed by atoms with E-state index in [4.69, 9.17) is 22.3 Å². The summed E-state index contributed by atoms with van der Waals surface area (Å²) in [4.78, 5) is 108. The third-order valence-electron chi connectivity index (χ3n) is 8.71. The fourth-order valence-corrected chi connectivity index (χ4v) is 7.79. The minimum atomic E-state index is -1.45. The van der Waals surface area contributed by atoms with E-state index < -0.39 is 66.2 Å². The molecule has 0 aliphatic heterocycles. The predicted molar refractivity (Wildman–Crippen MR) is 222 cm³/mol. The van der Waals surface area contributed by atoms with Crippen LogP contribution in [0.15, 0.2) is 35.5 Å². The molecule has 0 aliphatic rings. The second-order valence-electron chi connectivity index (χ2n) is 13.1. The number of unbranched alkanes of at least 4 members (excludes halogenated alkanes) is 1. The average molecular weight is 850 g/mol. The van der Waals surface area contributed by atoms with Crippen LogP contribution in [0, 0.1) is 0 Å². The van der Waals surface area contributed by atoms with Crippen LogP contribution in [0.5, 0.6) is 0 Å². The van der Waals surface area contributed by atoms with Crippen LogP contribution in [-0.2, 0) is 44.8 Å². The van der Waals surface area contributed by atoms with Crippen LogP contribution in [0.2, 0.25) is 0 Å². The number of aromatic amines is 1. The van der Waals surface area contributed by atoms with E-state index in [0.717, 1.165) is 16.5 Å². The van der Waals surface area contributed by atoms with Gasteiger partial charge in [-0.05, 0) is 58.1 Å². The summed E-state index contributed by atoms with van der Waals surface area (Å²) in [5, 5.41) is 22.7. The molecule has 58 heavy (non-hydrogen) atoms. The molecular formula is C36H55N11O9S2. The van der Waals surface area contributed by atoms with Crippen molar-refractivity contribution < 1.29 is 43.5 Å². The Morgan fingerprint density at radius 2 is 1.66 bits per heavy atom. The maximum Gasteiger partial charge on any atom is 0.305 e. The van der Waals surface area contributed by atoms with Crippen molar-refractivity contribution in [1.29, 1.82) is 0 Å². The number of carboxylic acids is 1. The highest BCUT2D eigenvalue weighted by Gasteiger charge is 2.33. The molecule has 20 nitrogen and oxygen atoms in total. The van der Waals surface area contributed by atoms with E-state index in [9.17, 15) is 38.4 Å². The van der Waals surface area contributed by atoms with E-state index in [-0.39, 0.29) is 42.9 Å². The van der Waals surface area contributed by atoms with E-state index >= 15 is 0 Å². The third kappa shape index (κ3) is 16.9. The Bertz CT molecular complexity index is 1760. The largest absolute Gasteiger partial charge is 0.481 e. The predicted octanol–water partition coefficient (Wildman–Crippen LogP) is -1.17. The van der Waals surface area contributed by atoms with Crippen molar-refractivity contribution in [2.24, 2.45) is 22.2 Å². The second kappa shape index (κ2) is 25.7. The van der Waals surface area contributed by atoms with Gasteiger partial charge in [0.15, 0.2) is 5.96 Å². The molecule has 7 amide bonds. The molecule has 2 rings (SSSR count). The number of carbonyl (C=O) groups is 8. The fraction of sp³-hybridized carbons (Fsp3) is 0.528. The van der Waals surface area contributed by atoms with Crippen molar-refractivity contribution in [3.8, 4) is 0 Å². The average Bonchev–Trinajstić information content (AvgIpc) is 3.58. The molecule has 0 bridgehead atoms. The Morgan fingerprint density at radius 1 is 0.931 bits per heavy atom. The molecule has 0 saturated carbocycles. The summed E-state index contributed by atoms with van der Waals surface area (Å²) in [6, 6.07) is 1.75. The van der Waals surface area contributed by atoms with Crippen LogP contribution in [0.25, 0.3) is 10.9 Å². The van der Waals surface area contributed by atoms with Gasteiger partial charge in [0, 0.05) is 54.7 Å². The number of rotatable bonds is 28. The highest BCUT2D eigenvalue weighted by atomic mass is 33.1. The summed E-state index contributed by atoms with van der Waals surface area (Å²) in [7, 11) is 2.45. The fourth-order valence-electron chi connectivity index (χ4n) is 5.62. The molecule has 22 heteroatoms. The van der Waals surface area contributed by atoms with E-state index in [1.54, 1.807) is 13.1 Å². The number of carboxylic acid groups (broad SMARTS) is 1. The Labute approximate surface area is 344 Å². The molecule has 1 aromatic heterocycles. The number of aliphatic carboxylic acids is 1. The molecule has 0 radical (unpaired) electrons. The number of aliphatic imine (C=N–C) groups is 1. The molecule has 5 unspecified atom stereocenters. The zero-order valence-electron chi connectivity index (χ0n) is 32.8. The zero-order chi connectivity index (χ0) is 43.2. The lowest BCUT2D eigenvalue weighted by atomic mass is 10.1. The van der Waals surface area contributed by atoms with E-state index in [0.29, 0.717) is 44.5 Å². The van der Waals surface area contributed by atoms with Crippen LogP contribution in [-0.4, -0.2) is 130 Å². The monoisotopic (exact) mass is 849 g/mol. The lowest BCUT2D eigenvalue weighted by molar-refractivity contribution is -0.143. The number of para-hydroxylation sites is 1. The number of aromatic nitrogens is 1. The molecule has 320 valence electrons. The molecular weight excluding hydrogens is 795 g/mol. The number of fused-ring (bicyclic) bond motifs is 1. The minimum Gasteiger partial charge on any atom is -0.481 e. The summed E-state index contributed by atoms with van der Waals surface area (Å²) < 4.78 is 0. The van der Waals surface area contributed by atoms with Gasteiger partial charge in [0.25, 0.3) is 0 Å². The molecule has 5 atom stereocenters. The first-order valence-corrected chi connectivity index (χ1v) is 21.1. The quantitative estimate of drug-likeness (QED) is 0.0159. The summed E-state index contributed by atoms with van der Waals surface area (Å²) in [6.07, 6.45) is 3.22. The number of likely N-dealkylation sites (N-methyl/N-ethyl adjacent to an activating group) is 1. The van der Waals surface area contributed by atoms with Gasteiger partial charge in [0.2, 0.25) is 41.9 Å². The number of H-pyrrole nitrogens is 1. The zero-order valence-corrected chi connectivity index (χ0v) is 34.4. The Morgan fingerprint density at radius 3 is 2.31 bits per heavy atom. The topological polar surface area (TPSA) is 326 Å². The number of nitrogens with one attached hydrogen (secondary N) is 6. The number of benzene rings is 1. The normalized spacial score (nSPS) is 13.4. The number of amides is 7. The number of carbonyl (C=O) groups excluding carboxylic acids is 7. The molecule has 0 spiro atoms. The highest BCUT2D eigenvalue weighted by Crippen LogP contribution is 2.23. The molecule has 2 aromatic rings. The Balaban J connectivity index is 2.06. The van der Waals surface area contributed by atoms with Crippen LogP contribution in [0.4, 0.5) is 0 Å². The van der Waals surface area contributed by atoms with Crippen molar-refractivity contribution in [3.05, 3.63) is 36.0 Å². The lowest BCUT2D eigenvalue weighted by Crippen LogP contribution is -2.58. The van der Waals surface area contributed by atoms with Crippen LogP contribution < -0.4 is 43.8 Å². The van der Waals surface area contributed by atoms with Gasteiger partial charge in [-0.3, -0.25) is 43.3 Å². The van der Waals surface area contributed by atoms with E-state index in [1.165, 1.54) is 40.3 Å². The van der Waals surface area contributed by atoms with Crippen molar-refractivity contribution in [3.63, 3.8) is 0 Å². The highest BCUT2D eigenvalue weighted by molar-refractivity contribution is 8.76. The van der Waals surface area contributed by atoms with Gasteiger partial charge in [-0.15, -0.1) is 0 Å². The molecule has 0 fully saturated rings. The molecule has 1 heterocycles. The minimum absolute atomic E-state index is 0.00739. The summed E-state index contributed by atoms with van der Waals surface area (Å²) >= 11 is 0. The maximum absolute atomic E-state index is 13.9. The van der Waals surface area contributed by atoms with Crippen LogP contribution in [0.1, 0.15) is 58.4 Å². The van der Waals surface area contributed by atoms with Crippen molar-refractivity contribution >= 4 is 86.3 Å². The first-order valence-electron chi connectivity index (χ1n) is 18.6. The molecule has 13 N–H and O–H groups in total. The van der Waals surface area contributed by atoms with Crippen molar-refractivity contribution in [2.75, 3.05) is 31.1 Å². The Hall–Kier alpha value is -5.51. The summed E-state index contributed by atoms with van der Waals surface area (Å²) in [6.45, 7) is 5.40. The molecule has 0 saturated heterocycles. The van der Waals surface area contributed by atoms with Gasteiger partial charge in [-0.25, -0.2) is 0 Å². The van der Waals surface area contributed by atoms with Gasteiger partial charge >= 0.3 is 5.97 Å². The number of primary amides is 1. The Kier molecular flexibility index (Phi) is 21.5. The second-order valence-corrected chi connectivity index (χ2v) is 15.7. The smallest absolute Gasteiger partial charge is 0.305 e. The van der Waals surface area contributed by atoms with E-state index in [1.807, 2.05) is 24.3 Å². The number of hydrogen-bond acceptors (Lipinski definition) is 11. The van der Waals surface area contributed by atoms with E-state index in [2.05, 4.69) is 36.6 Å². The number of nitrogens with two attached hydrogens (primary N) is 3. The maximum atomic E-state index is 13.9. The first-order chi connectivity index (χ1) is 27.6. The van der Waals surface area contributed by atoms with Crippen molar-refractivity contribution in [2.45, 2.75) is 89.5 Å². The van der Waals surface area contributed by atoms with Crippen LogP contribution in [0.3, 0.4) is 0 Å². The summed E-state index contributed by atoms with van der Waals surface area (Å²) in [5.41, 5.74) is 18.0. The standard InChI is InChI=1S/C36H55N11O9S2/c1-4-40-33(54)26(11-7-8-14-41-36(38)39)45-29(49)13-16-57-58-19-28(31(37)52)46-32(53)22(3)47(15-12-23-18-42-25-10-6-5-9-24(23)25)35(56)21(2)44-34(55)27(43-20-48)17-30(50)51/h5-6,9-10,18,20-22,26-28,42H,4,7-8,11-17,19H2,1-3H3,(H2,37,52)(H,40,54)(H,43,48)(H,44,55)(H,45,49)(H,46,53)(H,50,51)(H4,38,39,41). The third-order valence-corrected chi connectivity index (χ3v) is 11.1.